The number of fused-ring (bicyclic) bond motifs is 3. The lowest BCUT2D eigenvalue weighted by molar-refractivity contribution is 0.864. The van der Waals surface area contributed by atoms with Gasteiger partial charge in [0.15, 0.2) is 0 Å². The number of aromatic nitrogens is 3. The fourth-order valence-electron chi connectivity index (χ4n) is 2.49. The van der Waals surface area contributed by atoms with E-state index in [1.807, 2.05) is 42.5 Å². The van der Waals surface area contributed by atoms with Crippen LogP contribution in [0, 0.1) is 0 Å². The average Bonchev–Trinajstić information content (AvgIpc) is 2.86. The van der Waals surface area contributed by atoms with E-state index in [-0.39, 0.29) is 5.56 Å². The van der Waals surface area contributed by atoms with Crippen LogP contribution in [0.1, 0.15) is 0 Å². The molecule has 0 bridgehead atoms. The number of pyridine rings is 1. The van der Waals surface area contributed by atoms with Crippen LogP contribution in [0.5, 0.6) is 0 Å². The first-order valence-corrected chi connectivity index (χ1v) is 6.86. The highest BCUT2D eigenvalue weighted by molar-refractivity contribution is 6.31. The van der Waals surface area contributed by atoms with Gasteiger partial charge in [-0.15, -0.1) is 0 Å². The van der Waals surface area contributed by atoms with Crippen LogP contribution < -0.4 is 5.56 Å². The minimum atomic E-state index is -0.120. The van der Waals surface area contributed by atoms with E-state index >= 15 is 0 Å². The van der Waals surface area contributed by atoms with Crippen molar-refractivity contribution < 1.29 is 0 Å². The van der Waals surface area contributed by atoms with Crippen LogP contribution in [-0.2, 0) is 0 Å². The van der Waals surface area contributed by atoms with Crippen molar-refractivity contribution in [3.05, 3.63) is 70.1 Å². The Morgan fingerprint density at radius 2 is 1.86 bits per heavy atom. The standard InChI is InChI=1S/C16H10ClN3O/c17-10-6-7-14-12(8-10)15-13(9-18-14)16(21)20(19-15)11-4-2-1-3-5-11/h1-9,19H. The Kier molecular flexibility index (Phi) is 2.59. The van der Waals surface area contributed by atoms with Crippen molar-refractivity contribution in [2.45, 2.75) is 0 Å². The predicted molar refractivity (Wildman–Crippen MR) is 84.2 cm³/mol. The molecule has 0 aliphatic carbocycles. The van der Waals surface area contributed by atoms with Crippen LogP contribution in [0.25, 0.3) is 27.5 Å². The zero-order valence-corrected chi connectivity index (χ0v) is 11.6. The lowest BCUT2D eigenvalue weighted by atomic mass is 10.2. The summed E-state index contributed by atoms with van der Waals surface area (Å²) in [6.45, 7) is 0. The quantitative estimate of drug-likeness (QED) is 0.584. The van der Waals surface area contributed by atoms with Crippen LogP contribution in [0.2, 0.25) is 5.02 Å². The number of nitrogens with zero attached hydrogens (tertiary/aromatic N) is 2. The summed E-state index contributed by atoms with van der Waals surface area (Å²) in [5, 5.41) is 5.16. The van der Waals surface area contributed by atoms with Crippen molar-refractivity contribution in [1.29, 1.82) is 0 Å². The molecule has 0 spiro atoms. The molecule has 2 aromatic heterocycles. The molecular formula is C16H10ClN3O. The van der Waals surface area contributed by atoms with Gasteiger partial charge in [-0.1, -0.05) is 29.8 Å². The third-order valence-corrected chi connectivity index (χ3v) is 3.74. The zero-order valence-electron chi connectivity index (χ0n) is 10.9. The Balaban J connectivity index is 2.13. The number of hydrogen-bond donors (Lipinski definition) is 1. The molecular weight excluding hydrogens is 286 g/mol. The fraction of sp³-hybridized carbons (Fsp3) is 0. The Bertz CT molecular complexity index is 1020. The molecule has 0 aliphatic heterocycles. The Hall–Kier alpha value is -2.59. The van der Waals surface area contributed by atoms with Gasteiger partial charge in [0.05, 0.1) is 22.1 Å². The molecule has 2 heterocycles. The molecule has 0 radical (unpaired) electrons. The van der Waals surface area contributed by atoms with Crippen molar-refractivity contribution in [2.24, 2.45) is 0 Å². The van der Waals surface area contributed by atoms with E-state index in [2.05, 4.69) is 10.1 Å². The predicted octanol–water partition coefficient (Wildman–Crippen LogP) is 3.52. The second-order valence-corrected chi connectivity index (χ2v) is 5.23. The van der Waals surface area contributed by atoms with E-state index in [0.29, 0.717) is 10.4 Å². The van der Waals surface area contributed by atoms with E-state index in [0.717, 1.165) is 22.1 Å². The minimum Gasteiger partial charge on any atom is -0.290 e. The largest absolute Gasteiger partial charge is 0.290 e. The first-order valence-electron chi connectivity index (χ1n) is 6.48. The first-order chi connectivity index (χ1) is 10.2. The monoisotopic (exact) mass is 295 g/mol. The lowest BCUT2D eigenvalue weighted by Crippen LogP contribution is -2.13. The molecule has 4 rings (SSSR count). The maximum Gasteiger partial charge on any atom is 0.280 e. The van der Waals surface area contributed by atoms with E-state index in [1.54, 1.807) is 12.3 Å². The van der Waals surface area contributed by atoms with Gasteiger partial charge in [0.25, 0.3) is 5.56 Å². The second kappa shape index (κ2) is 4.46. The second-order valence-electron chi connectivity index (χ2n) is 4.80. The van der Waals surface area contributed by atoms with Gasteiger partial charge in [0, 0.05) is 16.6 Å². The number of H-pyrrole nitrogens is 1. The highest BCUT2D eigenvalue weighted by Gasteiger charge is 2.11. The maximum atomic E-state index is 12.5. The summed E-state index contributed by atoms with van der Waals surface area (Å²) >= 11 is 6.06. The van der Waals surface area contributed by atoms with Crippen LogP contribution in [0.15, 0.2) is 59.5 Å². The number of benzene rings is 2. The van der Waals surface area contributed by atoms with Crippen molar-refractivity contribution in [3.63, 3.8) is 0 Å². The van der Waals surface area contributed by atoms with Gasteiger partial charge in [-0.2, -0.15) is 0 Å². The molecule has 0 aliphatic rings. The molecule has 0 amide bonds. The van der Waals surface area contributed by atoms with Crippen molar-refractivity contribution in [1.82, 2.24) is 14.8 Å². The average molecular weight is 296 g/mol. The molecule has 1 N–H and O–H groups in total. The zero-order chi connectivity index (χ0) is 14.4. The summed E-state index contributed by atoms with van der Waals surface area (Å²) in [4.78, 5) is 16.8. The fourth-order valence-corrected chi connectivity index (χ4v) is 2.66. The summed E-state index contributed by atoms with van der Waals surface area (Å²) in [5.41, 5.74) is 2.21. The molecule has 0 saturated heterocycles. The van der Waals surface area contributed by atoms with Gasteiger partial charge in [-0.05, 0) is 30.3 Å². The van der Waals surface area contributed by atoms with Crippen LogP contribution in [0.4, 0.5) is 0 Å². The first kappa shape index (κ1) is 12.2. The van der Waals surface area contributed by atoms with Crippen LogP contribution in [0.3, 0.4) is 0 Å². The van der Waals surface area contributed by atoms with Gasteiger partial charge in [-0.3, -0.25) is 14.9 Å². The number of halogens is 1. The van der Waals surface area contributed by atoms with E-state index < -0.39 is 0 Å². The number of rotatable bonds is 1. The lowest BCUT2D eigenvalue weighted by Gasteiger charge is -2.00. The Morgan fingerprint density at radius 3 is 2.67 bits per heavy atom. The van der Waals surface area contributed by atoms with E-state index in [9.17, 15) is 4.79 Å². The summed E-state index contributed by atoms with van der Waals surface area (Å²) in [5.74, 6) is 0. The van der Waals surface area contributed by atoms with Crippen molar-refractivity contribution >= 4 is 33.4 Å². The summed E-state index contributed by atoms with van der Waals surface area (Å²) < 4.78 is 1.52. The molecule has 21 heavy (non-hydrogen) atoms. The SMILES string of the molecule is O=c1c2cnc3ccc(Cl)cc3c2[nH]n1-c1ccccc1. The van der Waals surface area contributed by atoms with Gasteiger partial charge in [0.1, 0.15) is 0 Å². The van der Waals surface area contributed by atoms with Gasteiger partial charge in [-0.25, -0.2) is 4.68 Å². The third-order valence-electron chi connectivity index (χ3n) is 3.50. The Labute approximate surface area is 124 Å². The molecule has 2 aromatic carbocycles. The third kappa shape index (κ3) is 1.84. The molecule has 102 valence electrons. The number of para-hydroxylation sites is 1. The van der Waals surface area contributed by atoms with Gasteiger partial charge in [0.2, 0.25) is 0 Å². The number of aromatic amines is 1. The van der Waals surface area contributed by atoms with E-state index in [4.69, 9.17) is 11.6 Å². The maximum absolute atomic E-state index is 12.5. The number of nitrogens with one attached hydrogen (secondary N) is 1. The molecule has 4 nitrogen and oxygen atoms in total. The van der Waals surface area contributed by atoms with Crippen molar-refractivity contribution in [2.75, 3.05) is 0 Å². The molecule has 4 aromatic rings. The highest BCUT2D eigenvalue weighted by atomic mass is 35.5. The Morgan fingerprint density at radius 1 is 1.05 bits per heavy atom. The van der Waals surface area contributed by atoms with Gasteiger partial charge >= 0.3 is 0 Å². The van der Waals surface area contributed by atoms with Crippen LogP contribution in [-0.4, -0.2) is 14.8 Å². The summed E-state index contributed by atoms with van der Waals surface area (Å²) in [6, 6.07) is 14.9. The highest BCUT2D eigenvalue weighted by Crippen LogP contribution is 2.23. The molecule has 0 saturated carbocycles. The van der Waals surface area contributed by atoms with Gasteiger partial charge < -0.3 is 0 Å². The molecule has 5 heteroatoms. The summed E-state index contributed by atoms with van der Waals surface area (Å²) in [6.07, 6.45) is 1.60. The van der Waals surface area contributed by atoms with Crippen molar-refractivity contribution in [3.8, 4) is 5.69 Å². The normalized spacial score (nSPS) is 11.3. The smallest absolute Gasteiger partial charge is 0.280 e. The minimum absolute atomic E-state index is 0.120. The molecule has 0 fully saturated rings. The number of hydrogen-bond acceptors (Lipinski definition) is 2. The van der Waals surface area contributed by atoms with E-state index in [1.165, 1.54) is 4.68 Å². The topological polar surface area (TPSA) is 50.7 Å². The molecule has 0 unspecified atom stereocenters. The summed E-state index contributed by atoms with van der Waals surface area (Å²) in [7, 11) is 0. The molecule has 0 atom stereocenters. The van der Waals surface area contributed by atoms with Crippen LogP contribution >= 0.6 is 11.6 Å².